The van der Waals surface area contributed by atoms with Crippen LogP contribution in [0.15, 0.2) is 0 Å². The van der Waals surface area contributed by atoms with Crippen LogP contribution in [0.1, 0.15) is 37.0 Å². The van der Waals surface area contributed by atoms with Gasteiger partial charge in [-0.15, -0.1) is 0 Å². The fraction of sp³-hybridized carbons (Fsp3) is 0.600. The Morgan fingerprint density at radius 2 is 2.00 bits per heavy atom. The molecule has 1 N–H and O–H groups in total. The highest BCUT2D eigenvalue weighted by Crippen LogP contribution is 2.25. The first-order valence-electron chi connectivity index (χ1n) is 4.67. The molecule has 1 aromatic rings. The zero-order chi connectivity index (χ0) is 11.8. The molecule has 0 saturated carbocycles. The van der Waals surface area contributed by atoms with E-state index >= 15 is 0 Å². The van der Waals surface area contributed by atoms with Gasteiger partial charge in [0.25, 0.3) is 0 Å². The van der Waals surface area contributed by atoms with Crippen molar-refractivity contribution in [2.24, 2.45) is 7.05 Å². The van der Waals surface area contributed by atoms with Gasteiger partial charge >= 0.3 is 5.97 Å². The zero-order valence-electron chi connectivity index (χ0n) is 9.67. The number of ether oxygens (including phenoxy) is 1. The molecule has 0 radical (unpaired) electrons. The third-order valence-electron chi connectivity index (χ3n) is 2.21. The van der Waals surface area contributed by atoms with Crippen molar-refractivity contribution >= 4 is 18.2 Å². The third-order valence-corrected chi connectivity index (χ3v) is 2.58. The van der Waals surface area contributed by atoms with Crippen LogP contribution in [0.2, 0.25) is 0 Å². The molecular weight excluding hydrogens is 212 g/mol. The van der Waals surface area contributed by atoms with Gasteiger partial charge in [0.2, 0.25) is 0 Å². The van der Waals surface area contributed by atoms with Crippen LogP contribution in [-0.4, -0.2) is 22.6 Å². The Morgan fingerprint density at radius 3 is 2.40 bits per heavy atom. The normalized spacial score (nSPS) is 11.5. The number of hydrogen-bond acceptors (Lipinski definition) is 3. The van der Waals surface area contributed by atoms with Gasteiger partial charge in [-0.25, -0.2) is 4.79 Å². The van der Waals surface area contributed by atoms with Gasteiger partial charge in [0.15, 0.2) is 4.77 Å². The largest absolute Gasteiger partial charge is 0.464 e. The Hall–Kier alpha value is -1.10. The minimum absolute atomic E-state index is 0.161. The number of esters is 1. The highest BCUT2D eigenvalue weighted by atomic mass is 32.1. The maximum atomic E-state index is 11.5. The molecule has 0 amide bonds. The van der Waals surface area contributed by atoms with E-state index in [9.17, 15) is 4.79 Å². The first-order valence-corrected chi connectivity index (χ1v) is 5.07. The van der Waals surface area contributed by atoms with Crippen molar-refractivity contribution in [1.82, 2.24) is 9.55 Å². The standard InChI is InChI=1S/C10H16N2O2S/c1-10(2,3)7-6(8(13)14-5)11-9(15)12(7)4/h1-5H3,(H,11,15). The minimum Gasteiger partial charge on any atom is -0.464 e. The number of aromatic amines is 1. The molecule has 1 rings (SSSR count). The summed E-state index contributed by atoms with van der Waals surface area (Å²) in [6.07, 6.45) is 0. The average molecular weight is 228 g/mol. The summed E-state index contributed by atoms with van der Waals surface area (Å²) in [5.41, 5.74) is 1.14. The number of hydrogen-bond donors (Lipinski definition) is 1. The second kappa shape index (κ2) is 3.81. The van der Waals surface area contributed by atoms with Gasteiger partial charge in [-0.2, -0.15) is 0 Å². The van der Waals surface area contributed by atoms with Crippen LogP contribution >= 0.6 is 12.2 Å². The molecule has 0 aliphatic heterocycles. The number of H-pyrrole nitrogens is 1. The van der Waals surface area contributed by atoms with E-state index in [2.05, 4.69) is 4.98 Å². The number of aromatic nitrogens is 2. The Morgan fingerprint density at radius 1 is 1.47 bits per heavy atom. The van der Waals surface area contributed by atoms with E-state index in [1.807, 2.05) is 32.4 Å². The topological polar surface area (TPSA) is 47.0 Å². The molecule has 5 heteroatoms. The van der Waals surface area contributed by atoms with Gasteiger partial charge in [-0.3, -0.25) is 0 Å². The lowest BCUT2D eigenvalue weighted by Gasteiger charge is -2.20. The van der Waals surface area contributed by atoms with E-state index in [-0.39, 0.29) is 11.4 Å². The number of carbonyl (C=O) groups is 1. The average Bonchev–Trinajstić information content (AvgIpc) is 2.41. The van der Waals surface area contributed by atoms with Crippen LogP contribution in [0, 0.1) is 4.77 Å². The Bertz CT molecular complexity index is 437. The van der Waals surface area contributed by atoms with Crippen molar-refractivity contribution in [2.45, 2.75) is 26.2 Å². The predicted octanol–water partition coefficient (Wildman–Crippen LogP) is 2.17. The van der Waals surface area contributed by atoms with E-state index in [1.165, 1.54) is 7.11 Å². The maximum Gasteiger partial charge on any atom is 0.356 e. The van der Waals surface area contributed by atoms with E-state index in [0.717, 1.165) is 5.69 Å². The molecule has 0 fully saturated rings. The molecule has 15 heavy (non-hydrogen) atoms. The second-order valence-corrected chi connectivity index (χ2v) is 4.84. The second-order valence-electron chi connectivity index (χ2n) is 4.45. The molecule has 84 valence electrons. The minimum atomic E-state index is -0.383. The Balaban J connectivity index is 3.48. The van der Waals surface area contributed by atoms with Crippen molar-refractivity contribution in [3.8, 4) is 0 Å². The molecule has 0 unspecified atom stereocenters. The number of rotatable bonds is 1. The fourth-order valence-electron chi connectivity index (χ4n) is 1.65. The monoisotopic (exact) mass is 228 g/mol. The molecule has 1 aromatic heterocycles. The van der Waals surface area contributed by atoms with Crippen molar-refractivity contribution in [1.29, 1.82) is 0 Å². The lowest BCUT2D eigenvalue weighted by molar-refractivity contribution is 0.0591. The lowest BCUT2D eigenvalue weighted by atomic mass is 9.90. The highest BCUT2D eigenvalue weighted by Gasteiger charge is 2.27. The zero-order valence-corrected chi connectivity index (χ0v) is 10.5. The molecule has 0 aliphatic rings. The number of methoxy groups -OCH3 is 1. The Labute approximate surface area is 94.3 Å². The molecule has 0 aromatic carbocycles. The summed E-state index contributed by atoms with van der Waals surface area (Å²) in [4.78, 5) is 14.4. The van der Waals surface area contributed by atoms with Crippen molar-refractivity contribution in [3.05, 3.63) is 16.2 Å². The van der Waals surface area contributed by atoms with Gasteiger partial charge in [0.05, 0.1) is 12.8 Å². The summed E-state index contributed by atoms with van der Waals surface area (Å²) < 4.78 is 7.05. The van der Waals surface area contributed by atoms with Crippen LogP contribution in [0.4, 0.5) is 0 Å². The van der Waals surface area contributed by atoms with Crippen LogP contribution in [0.5, 0.6) is 0 Å². The smallest absolute Gasteiger partial charge is 0.356 e. The molecule has 4 nitrogen and oxygen atoms in total. The molecule has 0 aliphatic carbocycles. The summed E-state index contributed by atoms with van der Waals surface area (Å²) in [6.45, 7) is 6.08. The number of imidazole rings is 1. The van der Waals surface area contributed by atoms with Crippen molar-refractivity contribution in [3.63, 3.8) is 0 Å². The molecule has 0 bridgehead atoms. The summed E-state index contributed by atoms with van der Waals surface area (Å²) in [7, 11) is 3.20. The molecule has 0 atom stereocenters. The number of nitrogens with one attached hydrogen (secondary N) is 1. The van der Waals surface area contributed by atoms with Gasteiger partial charge in [0, 0.05) is 12.5 Å². The van der Waals surface area contributed by atoms with Crippen molar-refractivity contribution < 1.29 is 9.53 Å². The third kappa shape index (κ3) is 2.12. The highest BCUT2D eigenvalue weighted by molar-refractivity contribution is 7.71. The van der Waals surface area contributed by atoms with E-state index in [0.29, 0.717) is 10.5 Å². The number of carbonyl (C=O) groups excluding carboxylic acids is 1. The maximum absolute atomic E-state index is 11.5. The van der Waals surface area contributed by atoms with Gasteiger partial charge in [-0.05, 0) is 12.2 Å². The predicted molar refractivity (Wildman–Crippen MR) is 60.6 cm³/mol. The van der Waals surface area contributed by atoms with E-state index < -0.39 is 0 Å². The first kappa shape index (κ1) is 12.0. The van der Waals surface area contributed by atoms with Crippen LogP contribution in [-0.2, 0) is 17.2 Å². The van der Waals surface area contributed by atoms with Crippen molar-refractivity contribution in [2.75, 3.05) is 7.11 Å². The summed E-state index contributed by atoms with van der Waals surface area (Å²) in [5, 5.41) is 0. The van der Waals surface area contributed by atoms with Crippen LogP contribution < -0.4 is 0 Å². The summed E-state index contributed by atoms with van der Waals surface area (Å²) >= 11 is 5.10. The van der Waals surface area contributed by atoms with Gasteiger partial charge < -0.3 is 14.3 Å². The lowest BCUT2D eigenvalue weighted by Crippen LogP contribution is -2.20. The van der Waals surface area contributed by atoms with Crippen LogP contribution in [0.3, 0.4) is 0 Å². The quantitative estimate of drug-likeness (QED) is 0.592. The first-order chi connectivity index (χ1) is 6.79. The van der Waals surface area contributed by atoms with Gasteiger partial charge in [-0.1, -0.05) is 20.8 Å². The molecular formula is C10H16N2O2S. The molecule has 0 spiro atoms. The fourth-order valence-corrected chi connectivity index (χ4v) is 1.84. The van der Waals surface area contributed by atoms with E-state index in [1.54, 1.807) is 0 Å². The van der Waals surface area contributed by atoms with Gasteiger partial charge in [0.1, 0.15) is 5.69 Å². The number of nitrogens with zero attached hydrogens (tertiary/aromatic N) is 1. The van der Waals surface area contributed by atoms with Crippen LogP contribution in [0.25, 0.3) is 0 Å². The molecule has 1 heterocycles. The van der Waals surface area contributed by atoms with E-state index in [4.69, 9.17) is 17.0 Å². The summed E-state index contributed by atoms with van der Waals surface area (Å²) in [6, 6.07) is 0. The SMILES string of the molecule is COC(=O)c1[nH]c(=S)n(C)c1C(C)(C)C. The Kier molecular flexibility index (Phi) is 3.04. The summed E-state index contributed by atoms with van der Waals surface area (Å²) in [5.74, 6) is -0.383. The molecule has 0 saturated heterocycles.